The van der Waals surface area contributed by atoms with E-state index < -0.39 is 0 Å². The second-order valence-corrected chi connectivity index (χ2v) is 5.98. The van der Waals surface area contributed by atoms with E-state index in [1.807, 2.05) is 12.3 Å². The van der Waals surface area contributed by atoms with E-state index >= 15 is 0 Å². The van der Waals surface area contributed by atoms with Crippen molar-refractivity contribution in [1.29, 1.82) is 0 Å². The van der Waals surface area contributed by atoms with Crippen molar-refractivity contribution in [3.05, 3.63) is 24.2 Å². The van der Waals surface area contributed by atoms with Gasteiger partial charge in [-0.25, -0.2) is 9.97 Å². The maximum atomic E-state index is 4.88. The highest BCUT2D eigenvalue weighted by Crippen LogP contribution is 2.27. The van der Waals surface area contributed by atoms with Gasteiger partial charge in [-0.1, -0.05) is 0 Å². The zero-order valence-electron chi connectivity index (χ0n) is 11.7. The van der Waals surface area contributed by atoms with Crippen LogP contribution in [-0.2, 0) is 6.54 Å². The summed E-state index contributed by atoms with van der Waals surface area (Å²) in [4.78, 5) is 9.45. The summed E-state index contributed by atoms with van der Waals surface area (Å²) in [6, 6.07) is 4.06. The molecule has 2 saturated heterocycles. The Balaban J connectivity index is 1.75. The number of imidazole rings is 1. The molecule has 2 aliphatic rings. The molecule has 0 saturated carbocycles. The lowest BCUT2D eigenvalue weighted by Gasteiger charge is -2.16. The molecule has 0 aliphatic carbocycles. The van der Waals surface area contributed by atoms with Crippen molar-refractivity contribution in [2.75, 3.05) is 26.2 Å². The lowest BCUT2D eigenvalue weighted by Crippen LogP contribution is -2.19. The fraction of sp³-hybridized carbons (Fsp3) is 0.600. The van der Waals surface area contributed by atoms with Crippen molar-refractivity contribution in [1.82, 2.24) is 25.2 Å². The molecule has 2 unspecified atom stereocenters. The molecule has 0 bridgehead atoms. The summed E-state index contributed by atoms with van der Waals surface area (Å²) in [7, 11) is 0. The van der Waals surface area contributed by atoms with Crippen molar-refractivity contribution in [3.8, 4) is 0 Å². The van der Waals surface area contributed by atoms with Crippen LogP contribution in [0.5, 0.6) is 0 Å². The minimum atomic E-state index is 0.540. The Morgan fingerprint density at radius 3 is 2.90 bits per heavy atom. The molecule has 4 rings (SSSR count). The van der Waals surface area contributed by atoms with Gasteiger partial charge < -0.3 is 15.2 Å². The Morgan fingerprint density at radius 2 is 2.10 bits per heavy atom. The van der Waals surface area contributed by atoms with Gasteiger partial charge in [0.25, 0.3) is 0 Å². The molecular formula is C15H21N5. The van der Waals surface area contributed by atoms with Crippen LogP contribution in [0.15, 0.2) is 18.3 Å². The third-order valence-corrected chi connectivity index (χ3v) is 4.56. The zero-order valence-corrected chi connectivity index (χ0v) is 11.7. The van der Waals surface area contributed by atoms with Gasteiger partial charge in [-0.3, -0.25) is 0 Å². The summed E-state index contributed by atoms with van der Waals surface area (Å²) in [5.41, 5.74) is 2.10. The first-order chi connectivity index (χ1) is 9.92. The molecule has 4 heterocycles. The summed E-state index contributed by atoms with van der Waals surface area (Å²) in [6.07, 6.45) is 4.32. The van der Waals surface area contributed by atoms with Gasteiger partial charge in [0, 0.05) is 25.2 Å². The molecule has 2 N–H and O–H groups in total. The number of aromatic nitrogens is 3. The fourth-order valence-corrected chi connectivity index (χ4v) is 3.47. The Labute approximate surface area is 118 Å². The Bertz CT molecular complexity index is 593. The number of rotatable bonds is 3. The zero-order chi connectivity index (χ0) is 13.4. The highest BCUT2D eigenvalue weighted by molar-refractivity contribution is 5.71. The summed E-state index contributed by atoms with van der Waals surface area (Å²) < 4.78 is 2.38. The van der Waals surface area contributed by atoms with Crippen molar-refractivity contribution in [2.45, 2.75) is 25.3 Å². The van der Waals surface area contributed by atoms with Crippen molar-refractivity contribution < 1.29 is 0 Å². The molecule has 2 aromatic rings. The lowest BCUT2D eigenvalue weighted by molar-refractivity contribution is 0.466. The van der Waals surface area contributed by atoms with Crippen molar-refractivity contribution >= 4 is 11.2 Å². The normalized spacial score (nSPS) is 26.6. The van der Waals surface area contributed by atoms with E-state index in [0.717, 1.165) is 43.9 Å². The predicted octanol–water partition coefficient (Wildman–Crippen LogP) is 1.12. The largest absolute Gasteiger partial charge is 0.316 e. The van der Waals surface area contributed by atoms with Crippen LogP contribution < -0.4 is 10.6 Å². The standard InChI is InChI=1S/C15H21N5/c1-2-13-15(18-5-1)20(10-11-3-6-16-8-11)14(19-13)12-4-7-17-9-12/h1-2,5,11-12,16-17H,3-4,6-10H2. The molecule has 20 heavy (non-hydrogen) atoms. The average molecular weight is 271 g/mol. The fourth-order valence-electron chi connectivity index (χ4n) is 3.47. The minimum absolute atomic E-state index is 0.540. The second kappa shape index (κ2) is 5.14. The maximum absolute atomic E-state index is 4.88. The van der Waals surface area contributed by atoms with E-state index in [0.29, 0.717) is 11.8 Å². The number of nitrogens with one attached hydrogen (secondary N) is 2. The third-order valence-electron chi connectivity index (χ3n) is 4.56. The number of pyridine rings is 1. The molecule has 2 aromatic heterocycles. The summed E-state index contributed by atoms with van der Waals surface area (Å²) in [6.45, 7) is 5.46. The first kappa shape index (κ1) is 12.3. The molecule has 2 fully saturated rings. The Hall–Kier alpha value is -1.46. The number of nitrogens with zero attached hydrogens (tertiary/aromatic N) is 3. The minimum Gasteiger partial charge on any atom is -0.316 e. The van der Waals surface area contributed by atoms with Gasteiger partial charge in [-0.05, 0) is 50.5 Å². The van der Waals surface area contributed by atoms with Gasteiger partial charge in [0.1, 0.15) is 11.3 Å². The molecule has 0 radical (unpaired) electrons. The van der Waals surface area contributed by atoms with Crippen molar-refractivity contribution in [2.24, 2.45) is 5.92 Å². The van der Waals surface area contributed by atoms with Crippen LogP contribution in [0.3, 0.4) is 0 Å². The molecular weight excluding hydrogens is 250 g/mol. The van der Waals surface area contributed by atoms with Crippen LogP contribution in [0, 0.1) is 5.92 Å². The number of hydrogen-bond acceptors (Lipinski definition) is 4. The summed E-state index contributed by atoms with van der Waals surface area (Å²) in [5.74, 6) is 2.48. The Kier molecular flexibility index (Phi) is 3.16. The highest BCUT2D eigenvalue weighted by Gasteiger charge is 2.26. The highest BCUT2D eigenvalue weighted by atomic mass is 15.1. The van der Waals surface area contributed by atoms with Gasteiger partial charge in [-0.15, -0.1) is 0 Å². The second-order valence-electron chi connectivity index (χ2n) is 5.98. The predicted molar refractivity (Wildman–Crippen MR) is 78.7 cm³/mol. The third kappa shape index (κ3) is 2.11. The Morgan fingerprint density at radius 1 is 1.20 bits per heavy atom. The van der Waals surface area contributed by atoms with E-state index in [1.54, 1.807) is 0 Å². The van der Waals surface area contributed by atoms with E-state index in [9.17, 15) is 0 Å². The SMILES string of the molecule is c1cnc2c(c1)nc(C1CCNC1)n2CC1CCNC1. The van der Waals surface area contributed by atoms with Gasteiger partial charge >= 0.3 is 0 Å². The van der Waals surface area contributed by atoms with Gasteiger partial charge in [0.05, 0.1) is 0 Å². The van der Waals surface area contributed by atoms with E-state index in [1.165, 1.54) is 18.7 Å². The molecule has 5 nitrogen and oxygen atoms in total. The van der Waals surface area contributed by atoms with E-state index in [-0.39, 0.29) is 0 Å². The first-order valence-corrected chi connectivity index (χ1v) is 7.64. The maximum Gasteiger partial charge on any atom is 0.160 e. The van der Waals surface area contributed by atoms with Crippen LogP contribution in [0.2, 0.25) is 0 Å². The molecule has 0 spiro atoms. The first-order valence-electron chi connectivity index (χ1n) is 7.64. The molecule has 2 aliphatic heterocycles. The van der Waals surface area contributed by atoms with Crippen LogP contribution >= 0.6 is 0 Å². The number of fused-ring (bicyclic) bond motifs is 1. The molecule has 0 aromatic carbocycles. The van der Waals surface area contributed by atoms with Crippen LogP contribution in [0.25, 0.3) is 11.2 Å². The average Bonchev–Trinajstić information content (AvgIpc) is 3.19. The smallest absolute Gasteiger partial charge is 0.160 e. The van der Waals surface area contributed by atoms with Crippen LogP contribution in [0.4, 0.5) is 0 Å². The van der Waals surface area contributed by atoms with E-state index in [2.05, 4.69) is 26.3 Å². The van der Waals surface area contributed by atoms with Crippen molar-refractivity contribution in [3.63, 3.8) is 0 Å². The summed E-state index contributed by atoms with van der Waals surface area (Å²) in [5, 5.41) is 6.91. The topological polar surface area (TPSA) is 54.8 Å². The molecule has 5 heteroatoms. The summed E-state index contributed by atoms with van der Waals surface area (Å²) >= 11 is 0. The molecule has 2 atom stereocenters. The van der Waals surface area contributed by atoms with Crippen LogP contribution in [0.1, 0.15) is 24.6 Å². The van der Waals surface area contributed by atoms with Crippen LogP contribution in [-0.4, -0.2) is 40.7 Å². The van der Waals surface area contributed by atoms with Gasteiger partial charge in [0.15, 0.2) is 5.65 Å². The van der Waals surface area contributed by atoms with E-state index in [4.69, 9.17) is 4.98 Å². The monoisotopic (exact) mass is 271 g/mol. The number of hydrogen-bond donors (Lipinski definition) is 2. The molecule has 0 amide bonds. The van der Waals surface area contributed by atoms with Gasteiger partial charge in [0.2, 0.25) is 0 Å². The quantitative estimate of drug-likeness (QED) is 0.878. The molecule has 106 valence electrons. The lowest BCUT2D eigenvalue weighted by atomic mass is 10.1. The van der Waals surface area contributed by atoms with Gasteiger partial charge in [-0.2, -0.15) is 0 Å².